The molecule has 112 valence electrons. The minimum Gasteiger partial charge on any atom is -0.338 e. The Morgan fingerprint density at radius 2 is 2.10 bits per heavy atom. The molecule has 1 amide bonds. The molecule has 2 rings (SSSR count). The number of hydrogen-bond donors (Lipinski definition) is 1. The zero-order chi connectivity index (χ0) is 13.7. The number of hydrogen-bond acceptors (Lipinski definition) is 2. The highest BCUT2D eigenvalue weighted by molar-refractivity contribution is 5.85. The van der Waals surface area contributed by atoms with Gasteiger partial charge >= 0.3 is 0 Å². The van der Waals surface area contributed by atoms with Gasteiger partial charge in [-0.15, -0.1) is 12.4 Å². The minimum absolute atomic E-state index is 0. The van der Waals surface area contributed by atoms with Crippen molar-refractivity contribution in [3.05, 3.63) is 35.9 Å². The normalized spacial score (nSPS) is 19.5. The average Bonchev–Trinajstić information content (AvgIpc) is 2.89. The second-order valence-corrected chi connectivity index (χ2v) is 5.26. The molecule has 2 atom stereocenters. The van der Waals surface area contributed by atoms with Crippen LogP contribution in [0.4, 0.5) is 0 Å². The highest BCUT2D eigenvalue weighted by Crippen LogP contribution is 2.26. The zero-order valence-corrected chi connectivity index (χ0v) is 13.2. The third-order valence-corrected chi connectivity index (χ3v) is 4.01. The highest BCUT2D eigenvalue weighted by Gasteiger charge is 2.32. The van der Waals surface area contributed by atoms with Gasteiger partial charge in [-0.3, -0.25) is 4.79 Å². The highest BCUT2D eigenvalue weighted by atomic mass is 35.5. The van der Waals surface area contributed by atoms with E-state index >= 15 is 0 Å². The maximum Gasteiger partial charge on any atom is 0.230 e. The Morgan fingerprint density at radius 1 is 1.40 bits per heavy atom. The number of nitrogens with one attached hydrogen (secondary N) is 1. The van der Waals surface area contributed by atoms with E-state index < -0.39 is 0 Å². The van der Waals surface area contributed by atoms with Gasteiger partial charge in [0, 0.05) is 19.1 Å². The van der Waals surface area contributed by atoms with E-state index in [1.54, 1.807) is 0 Å². The lowest BCUT2D eigenvalue weighted by Crippen LogP contribution is -2.43. The molecule has 1 aromatic rings. The van der Waals surface area contributed by atoms with Crippen LogP contribution in [0, 0.1) is 0 Å². The molecule has 0 saturated carbocycles. The van der Waals surface area contributed by atoms with Crippen molar-refractivity contribution in [3.8, 4) is 0 Å². The summed E-state index contributed by atoms with van der Waals surface area (Å²) in [6, 6.07) is 10.5. The largest absolute Gasteiger partial charge is 0.338 e. The number of rotatable bonds is 5. The molecule has 0 bridgehead atoms. The summed E-state index contributed by atoms with van der Waals surface area (Å²) in [7, 11) is 1.95. The Kier molecular flexibility index (Phi) is 7.03. The van der Waals surface area contributed by atoms with E-state index in [1.165, 1.54) is 0 Å². The van der Waals surface area contributed by atoms with Crippen molar-refractivity contribution in [1.29, 1.82) is 0 Å². The van der Waals surface area contributed by atoms with Crippen LogP contribution in [-0.2, 0) is 4.79 Å². The number of likely N-dealkylation sites (N-methyl/N-ethyl adjacent to an activating group) is 1. The quantitative estimate of drug-likeness (QED) is 0.906. The maximum atomic E-state index is 12.8. The molecule has 0 aliphatic carbocycles. The SMILES string of the molecule is CCC(C(=O)N1CCCC1CNC)c1ccccc1.Cl. The van der Waals surface area contributed by atoms with Crippen molar-refractivity contribution < 1.29 is 4.79 Å². The molecule has 0 spiro atoms. The van der Waals surface area contributed by atoms with Gasteiger partial charge in [-0.05, 0) is 31.9 Å². The number of benzene rings is 1. The number of halogens is 1. The molecule has 1 aromatic carbocycles. The summed E-state index contributed by atoms with van der Waals surface area (Å²) >= 11 is 0. The van der Waals surface area contributed by atoms with Crippen LogP contribution in [-0.4, -0.2) is 37.0 Å². The van der Waals surface area contributed by atoms with Crippen LogP contribution in [0.5, 0.6) is 0 Å². The molecule has 2 unspecified atom stereocenters. The van der Waals surface area contributed by atoms with E-state index in [-0.39, 0.29) is 18.3 Å². The molecule has 3 nitrogen and oxygen atoms in total. The smallest absolute Gasteiger partial charge is 0.230 e. The molecular weight excluding hydrogens is 272 g/mol. The van der Waals surface area contributed by atoms with Gasteiger partial charge < -0.3 is 10.2 Å². The molecule has 0 aromatic heterocycles. The van der Waals surface area contributed by atoms with Gasteiger partial charge in [-0.1, -0.05) is 37.3 Å². The molecular formula is C16H25ClN2O. The van der Waals surface area contributed by atoms with E-state index in [4.69, 9.17) is 0 Å². The molecule has 0 radical (unpaired) electrons. The molecule has 1 saturated heterocycles. The first-order valence-electron chi connectivity index (χ1n) is 7.28. The molecule has 20 heavy (non-hydrogen) atoms. The minimum atomic E-state index is 0. The second kappa shape index (κ2) is 8.28. The summed E-state index contributed by atoms with van der Waals surface area (Å²) in [6.45, 7) is 3.91. The van der Waals surface area contributed by atoms with Crippen LogP contribution in [0.3, 0.4) is 0 Å². The van der Waals surface area contributed by atoms with E-state index in [0.717, 1.165) is 37.9 Å². The van der Waals surface area contributed by atoms with E-state index in [2.05, 4.69) is 29.3 Å². The monoisotopic (exact) mass is 296 g/mol. The van der Waals surface area contributed by atoms with Gasteiger partial charge in [-0.25, -0.2) is 0 Å². The van der Waals surface area contributed by atoms with Crippen LogP contribution >= 0.6 is 12.4 Å². The van der Waals surface area contributed by atoms with Crippen LogP contribution in [0.2, 0.25) is 0 Å². The fraction of sp³-hybridized carbons (Fsp3) is 0.562. The average molecular weight is 297 g/mol. The first-order chi connectivity index (χ1) is 9.27. The fourth-order valence-corrected chi connectivity index (χ4v) is 3.01. The number of likely N-dealkylation sites (tertiary alicyclic amines) is 1. The van der Waals surface area contributed by atoms with Crippen molar-refractivity contribution in [1.82, 2.24) is 10.2 Å². The number of nitrogens with zero attached hydrogens (tertiary/aromatic N) is 1. The lowest BCUT2D eigenvalue weighted by Gasteiger charge is -2.28. The molecule has 1 aliphatic heterocycles. The maximum absolute atomic E-state index is 12.8. The molecule has 1 N–H and O–H groups in total. The molecule has 1 fully saturated rings. The summed E-state index contributed by atoms with van der Waals surface area (Å²) in [4.78, 5) is 14.8. The van der Waals surface area contributed by atoms with Gasteiger partial charge in [0.2, 0.25) is 5.91 Å². The number of carbonyl (C=O) groups excluding carboxylic acids is 1. The van der Waals surface area contributed by atoms with Gasteiger partial charge in [0.25, 0.3) is 0 Å². The van der Waals surface area contributed by atoms with Crippen LogP contribution < -0.4 is 5.32 Å². The molecule has 4 heteroatoms. The van der Waals surface area contributed by atoms with Crippen LogP contribution in [0.1, 0.15) is 37.7 Å². The van der Waals surface area contributed by atoms with Crippen molar-refractivity contribution >= 4 is 18.3 Å². The van der Waals surface area contributed by atoms with Crippen LogP contribution in [0.15, 0.2) is 30.3 Å². The van der Waals surface area contributed by atoms with Crippen LogP contribution in [0.25, 0.3) is 0 Å². The predicted octanol–water partition coefficient (Wildman–Crippen LogP) is 2.81. The number of carbonyl (C=O) groups is 1. The fourth-order valence-electron chi connectivity index (χ4n) is 3.01. The van der Waals surface area contributed by atoms with Crippen molar-refractivity contribution in [2.24, 2.45) is 0 Å². The lowest BCUT2D eigenvalue weighted by molar-refractivity contribution is -0.133. The van der Waals surface area contributed by atoms with Crippen molar-refractivity contribution in [2.75, 3.05) is 20.1 Å². The van der Waals surface area contributed by atoms with Crippen molar-refractivity contribution in [2.45, 2.75) is 38.1 Å². The Morgan fingerprint density at radius 3 is 2.70 bits per heavy atom. The predicted molar refractivity (Wildman–Crippen MR) is 85.4 cm³/mol. The van der Waals surface area contributed by atoms with E-state index in [9.17, 15) is 4.79 Å². The third-order valence-electron chi connectivity index (χ3n) is 4.01. The second-order valence-electron chi connectivity index (χ2n) is 5.26. The topological polar surface area (TPSA) is 32.3 Å². The van der Waals surface area contributed by atoms with E-state index in [1.807, 2.05) is 25.2 Å². The third kappa shape index (κ3) is 3.74. The van der Waals surface area contributed by atoms with Gasteiger partial charge in [0.05, 0.1) is 5.92 Å². The Labute approximate surface area is 128 Å². The summed E-state index contributed by atoms with van der Waals surface area (Å²) in [5, 5.41) is 3.20. The summed E-state index contributed by atoms with van der Waals surface area (Å²) in [6.07, 6.45) is 3.12. The number of amides is 1. The zero-order valence-electron chi connectivity index (χ0n) is 12.3. The van der Waals surface area contributed by atoms with Gasteiger partial charge in [0.1, 0.15) is 0 Å². The molecule has 1 heterocycles. The van der Waals surface area contributed by atoms with Gasteiger partial charge in [0.15, 0.2) is 0 Å². The van der Waals surface area contributed by atoms with E-state index in [0.29, 0.717) is 11.9 Å². The van der Waals surface area contributed by atoms with Crippen molar-refractivity contribution in [3.63, 3.8) is 0 Å². The molecule has 1 aliphatic rings. The standard InChI is InChI=1S/C16H24N2O.ClH/c1-3-15(13-8-5-4-6-9-13)16(19)18-11-7-10-14(18)12-17-2;/h4-6,8-9,14-15,17H,3,7,10-12H2,1-2H3;1H. The summed E-state index contributed by atoms with van der Waals surface area (Å²) in [5.41, 5.74) is 1.14. The summed E-state index contributed by atoms with van der Waals surface area (Å²) in [5.74, 6) is 0.310. The first-order valence-corrected chi connectivity index (χ1v) is 7.28. The Hall–Kier alpha value is -1.06. The Bertz CT molecular complexity index is 410. The summed E-state index contributed by atoms with van der Waals surface area (Å²) < 4.78 is 0. The lowest BCUT2D eigenvalue weighted by atomic mass is 9.94. The Balaban J connectivity index is 0.00000200. The van der Waals surface area contributed by atoms with Gasteiger partial charge in [-0.2, -0.15) is 0 Å². The first kappa shape index (κ1) is 17.0.